The molecule has 0 unspecified atom stereocenters. The monoisotopic (exact) mass is 1060 g/mol. The van der Waals surface area contributed by atoms with Gasteiger partial charge in [-0.2, -0.15) is 25.3 Å². The number of thiol groups is 2. The Morgan fingerprint density at radius 1 is 0.716 bits per heavy atom. The molecule has 0 spiro atoms. The van der Waals surface area contributed by atoms with Crippen molar-refractivity contribution in [3.8, 4) is 0 Å². The third-order valence-corrected chi connectivity index (χ3v) is 13.1. The smallest absolute Gasteiger partial charge is 0.325 e. The van der Waals surface area contributed by atoms with E-state index >= 15 is 0 Å². The number of para-hydroxylation sites is 1. The SMILES string of the molecule is CC[C@H](C)[C@@H]1NC(=O)N([C@@H](CS)C(=O)N[C@H](C)C(=O)N[C@@H](Cc2cnc[nH]2)C(=O)N[C@H](Cc2ccccc2)C(=O)N[C@@H](CCCN=C(N)N)C(=O)N[C@@H](Cc2c[nH]c3ccccc23)C(=O)N[C@@H](CS)C(N)=O)C1=O. The largest absolute Gasteiger partial charge is 0.370 e. The normalized spacial score (nSPS) is 16.5. The Morgan fingerprint density at radius 3 is 1.92 bits per heavy atom. The Morgan fingerprint density at radius 2 is 1.31 bits per heavy atom. The van der Waals surface area contributed by atoms with Crippen molar-refractivity contribution >= 4 is 95.4 Å². The van der Waals surface area contributed by atoms with Crippen LogP contribution in [0.4, 0.5) is 4.79 Å². The van der Waals surface area contributed by atoms with Gasteiger partial charge >= 0.3 is 6.03 Å². The van der Waals surface area contributed by atoms with Crippen LogP contribution in [-0.4, -0.2) is 145 Å². The molecule has 398 valence electrons. The van der Waals surface area contributed by atoms with Gasteiger partial charge in [0.05, 0.1) is 6.33 Å². The molecule has 2 aromatic carbocycles. The summed E-state index contributed by atoms with van der Waals surface area (Å²) in [5.74, 6) is -7.18. The molecule has 0 radical (unpaired) electrons. The van der Waals surface area contributed by atoms with Gasteiger partial charge in [-0.05, 0) is 42.9 Å². The molecule has 1 saturated heterocycles. The maximum atomic E-state index is 14.6. The van der Waals surface area contributed by atoms with E-state index in [4.69, 9.17) is 17.2 Å². The second-order valence-corrected chi connectivity index (χ2v) is 18.6. The van der Waals surface area contributed by atoms with Crippen molar-refractivity contribution < 1.29 is 43.2 Å². The number of imide groups is 1. The second kappa shape index (κ2) is 27.4. The molecule has 4 aromatic rings. The number of primary amides is 1. The molecule has 0 aliphatic carbocycles. The fourth-order valence-corrected chi connectivity index (χ4v) is 8.67. The van der Waals surface area contributed by atoms with Crippen molar-refractivity contribution in [1.29, 1.82) is 0 Å². The number of rotatable bonds is 28. The quantitative estimate of drug-likeness (QED) is 0.0103. The maximum Gasteiger partial charge on any atom is 0.325 e. The van der Waals surface area contributed by atoms with E-state index in [-0.39, 0.29) is 62.0 Å². The maximum absolute atomic E-state index is 14.6. The number of aromatic amines is 2. The van der Waals surface area contributed by atoms with E-state index in [0.29, 0.717) is 23.2 Å². The van der Waals surface area contributed by atoms with Crippen LogP contribution >= 0.6 is 25.3 Å². The van der Waals surface area contributed by atoms with Crippen LogP contribution in [0.2, 0.25) is 0 Å². The van der Waals surface area contributed by atoms with E-state index in [0.717, 1.165) is 15.8 Å². The molecule has 26 heteroatoms. The first-order valence-corrected chi connectivity index (χ1v) is 25.2. The highest BCUT2D eigenvalue weighted by atomic mass is 32.1. The third kappa shape index (κ3) is 15.7. The number of aliphatic imine (C=N–C) groups is 1. The van der Waals surface area contributed by atoms with Crippen molar-refractivity contribution in [3.05, 3.63) is 90.1 Å². The van der Waals surface area contributed by atoms with E-state index in [1.54, 1.807) is 43.5 Å². The lowest BCUT2D eigenvalue weighted by Crippen LogP contribution is -2.60. The number of fused-ring (bicyclic) bond motifs is 1. The highest BCUT2D eigenvalue weighted by molar-refractivity contribution is 7.80. The summed E-state index contributed by atoms with van der Waals surface area (Å²) in [6.07, 6.45) is 4.83. The highest BCUT2D eigenvalue weighted by Crippen LogP contribution is 2.21. The van der Waals surface area contributed by atoms with Gasteiger partial charge in [0.15, 0.2) is 5.96 Å². The molecule has 9 atom stereocenters. The first-order valence-electron chi connectivity index (χ1n) is 23.9. The van der Waals surface area contributed by atoms with E-state index in [1.807, 2.05) is 31.2 Å². The molecule has 1 aliphatic heterocycles. The molecule has 15 N–H and O–H groups in total. The molecular formula is C48H65N15O9S2. The van der Waals surface area contributed by atoms with Gasteiger partial charge in [-0.1, -0.05) is 68.8 Å². The minimum Gasteiger partial charge on any atom is -0.370 e. The number of carbonyl (C=O) groups is 9. The predicted octanol–water partition coefficient (Wildman–Crippen LogP) is -1.42. The van der Waals surface area contributed by atoms with Crippen molar-refractivity contribution in [3.63, 3.8) is 0 Å². The summed E-state index contributed by atoms with van der Waals surface area (Å²) in [6.45, 7) is 5.05. The van der Waals surface area contributed by atoms with Gasteiger partial charge in [-0.25, -0.2) is 14.7 Å². The second-order valence-electron chi connectivity index (χ2n) is 17.8. The third-order valence-electron chi connectivity index (χ3n) is 12.4. The average molecular weight is 1060 g/mol. The van der Waals surface area contributed by atoms with Crippen molar-refractivity contribution in [1.82, 2.24) is 57.1 Å². The number of nitrogens with one attached hydrogen (secondary N) is 9. The molecule has 10 amide bonds. The summed E-state index contributed by atoms with van der Waals surface area (Å²) in [7, 11) is 0. The van der Waals surface area contributed by atoms with Crippen LogP contribution in [0.3, 0.4) is 0 Å². The van der Waals surface area contributed by atoms with Crippen molar-refractivity contribution in [2.24, 2.45) is 28.1 Å². The number of hydrogen-bond donors (Lipinski definition) is 14. The fraction of sp³-hybridized carbons (Fsp3) is 0.438. The number of imidazole rings is 1. The van der Waals surface area contributed by atoms with E-state index < -0.39 is 102 Å². The molecule has 24 nitrogen and oxygen atoms in total. The van der Waals surface area contributed by atoms with Crippen molar-refractivity contribution in [2.45, 2.75) is 108 Å². The Bertz CT molecular complexity index is 2650. The average Bonchev–Trinajstić information content (AvgIpc) is 4.12. The number of aromatic nitrogens is 3. The molecule has 1 fully saturated rings. The zero-order valence-electron chi connectivity index (χ0n) is 41.1. The van der Waals surface area contributed by atoms with Gasteiger partial charge in [0.25, 0.3) is 5.91 Å². The molecule has 2 aromatic heterocycles. The number of nitrogens with zero attached hydrogens (tertiary/aromatic N) is 3. The van der Waals surface area contributed by atoms with Crippen LogP contribution in [0.5, 0.6) is 0 Å². The first kappa shape index (κ1) is 57.3. The summed E-state index contributed by atoms with van der Waals surface area (Å²) in [5.41, 5.74) is 19.1. The standard InChI is InChI=1S/C48H65N15O9S2/c1-4-25(2)38-46(71)63(48(72)62-38)37(23-74)45(70)56-26(3)40(65)58-35(19-29-21-52-24-55-29)44(69)59-33(17-27-11-6-5-7-12-27)42(67)57-32(15-10-16-53-47(50)51)41(66)60-34(43(68)61-36(22-73)39(49)64)18-28-20-54-31-14-9-8-13-30(28)31/h5-9,11-14,20-21,24-26,32-38,54,73-74H,4,10,15-19,22-23H2,1-3H3,(H2,49,64)(H,52,55)(H,56,70)(H,57,67)(H,58,65)(H,59,69)(H,60,66)(H,61,68)(H,62,72)(H4,50,51,53)/t25-,26+,32-,33+,34-,35-,36-,37-,38-/m0/s1. The lowest BCUT2D eigenvalue weighted by atomic mass is 9.99. The Kier molecular flexibility index (Phi) is 21.2. The number of guanidine groups is 1. The van der Waals surface area contributed by atoms with Gasteiger partial charge in [-0.3, -0.25) is 43.3 Å². The summed E-state index contributed by atoms with van der Waals surface area (Å²) < 4.78 is 0. The lowest BCUT2D eigenvalue weighted by molar-refractivity contribution is -0.137. The summed E-state index contributed by atoms with van der Waals surface area (Å²) in [6, 6.07) is 5.00. The lowest BCUT2D eigenvalue weighted by Gasteiger charge is -2.28. The van der Waals surface area contributed by atoms with Crippen LogP contribution in [0.15, 0.2) is 78.3 Å². The van der Waals surface area contributed by atoms with Crippen LogP contribution < -0.4 is 54.4 Å². The Balaban J connectivity index is 1.39. The Hall–Kier alpha value is -7.61. The van der Waals surface area contributed by atoms with E-state index in [2.05, 4.69) is 82.4 Å². The number of carbonyl (C=O) groups excluding carboxylic acids is 9. The van der Waals surface area contributed by atoms with Gasteiger partial charge in [0, 0.05) is 66.3 Å². The van der Waals surface area contributed by atoms with Gasteiger partial charge in [-0.15, -0.1) is 0 Å². The first-order chi connectivity index (χ1) is 35.3. The predicted molar refractivity (Wildman–Crippen MR) is 281 cm³/mol. The zero-order valence-corrected chi connectivity index (χ0v) is 42.9. The van der Waals surface area contributed by atoms with Crippen molar-refractivity contribution in [2.75, 3.05) is 18.1 Å². The minimum absolute atomic E-state index is 0.0568. The number of hydrogen-bond acceptors (Lipinski definition) is 13. The summed E-state index contributed by atoms with van der Waals surface area (Å²) in [5, 5.41) is 19.3. The van der Waals surface area contributed by atoms with Gasteiger partial charge < -0.3 is 64.4 Å². The number of H-pyrrole nitrogens is 2. The number of amides is 10. The molecule has 3 heterocycles. The topological polar surface area (TPSA) is 376 Å². The molecule has 0 bridgehead atoms. The van der Waals surface area contributed by atoms with Crippen LogP contribution in [0.1, 0.15) is 56.9 Å². The van der Waals surface area contributed by atoms with Gasteiger partial charge in [0.1, 0.15) is 48.3 Å². The van der Waals surface area contributed by atoms with Crippen LogP contribution in [0.25, 0.3) is 10.9 Å². The van der Waals surface area contributed by atoms with Crippen LogP contribution in [0, 0.1) is 5.92 Å². The number of urea groups is 1. The molecule has 5 rings (SSSR count). The van der Waals surface area contributed by atoms with E-state index in [1.165, 1.54) is 19.4 Å². The van der Waals surface area contributed by atoms with E-state index in [9.17, 15) is 43.2 Å². The summed E-state index contributed by atoms with van der Waals surface area (Å²) >= 11 is 8.38. The molecule has 1 aliphatic rings. The zero-order chi connectivity index (χ0) is 54.1. The van der Waals surface area contributed by atoms with Crippen LogP contribution in [-0.2, 0) is 57.6 Å². The molecule has 0 saturated carbocycles. The fourth-order valence-electron chi connectivity index (χ4n) is 8.07. The molecular weight excluding hydrogens is 995 g/mol. The number of benzene rings is 2. The minimum atomic E-state index is -1.40. The Labute approximate surface area is 437 Å². The molecule has 74 heavy (non-hydrogen) atoms. The van der Waals surface area contributed by atoms with Gasteiger partial charge in [0.2, 0.25) is 41.4 Å². The number of nitrogens with two attached hydrogens (primary N) is 3. The summed E-state index contributed by atoms with van der Waals surface area (Å²) in [4.78, 5) is 138. The highest BCUT2D eigenvalue weighted by Gasteiger charge is 2.46.